The summed E-state index contributed by atoms with van der Waals surface area (Å²) >= 11 is 0. The molecule has 1 aliphatic carbocycles. The molecule has 0 saturated heterocycles. The van der Waals surface area contributed by atoms with E-state index in [9.17, 15) is 4.79 Å². The Morgan fingerprint density at radius 3 is 2.70 bits per heavy atom. The van der Waals surface area contributed by atoms with Crippen LogP contribution in [0.3, 0.4) is 0 Å². The lowest BCUT2D eigenvalue weighted by Crippen LogP contribution is -2.03. The quantitative estimate of drug-likeness (QED) is 0.410. The number of carbonyl (C=O) groups is 1. The van der Waals surface area contributed by atoms with Gasteiger partial charge in [-0.15, -0.1) is 0 Å². The third kappa shape index (κ3) is 5.47. The summed E-state index contributed by atoms with van der Waals surface area (Å²) in [6.07, 6.45) is 7.83. The van der Waals surface area contributed by atoms with Gasteiger partial charge in [0.1, 0.15) is 5.75 Å². The van der Waals surface area contributed by atoms with Gasteiger partial charge in [0.2, 0.25) is 0 Å². The lowest BCUT2D eigenvalue weighted by Gasteiger charge is -2.05. The molecule has 0 N–H and O–H groups in total. The largest absolute Gasteiger partial charge is 0.494 e. The molecule has 0 atom stereocenters. The van der Waals surface area contributed by atoms with Gasteiger partial charge in [0.05, 0.1) is 13.2 Å². The monoisotopic (exact) mass is 274 g/mol. The molecular formula is C17H22O3. The molecular weight excluding hydrogens is 252 g/mol. The van der Waals surface area contributed by atoms with Crippen molar-refractivity contribution in [3.05, 3.63) is 35.9 Å². The van der Waals surface area contributed by atoms with E-state index in [1.54, 1.807) is 6.08 Å². The smallest absolute Gasteiger partial charge is 0.330 e. The summed E-state index contributed by atoms with van der Waals surface area (Å²) in [5, 5.41) is 0. The van der Waals surface area contributed by atoms with E-state index in [0.29, 0.717) is 12.5 Å². The van der Waals surface area contributed by atoms with Gasteiger partial charge in [-0.1, -0.05) is 25.5 Å². The highest BCUT2D eigenvalue weighted by atomic mass is 16.5. The first-order valence-corrected chi connectivity index (χ1v) is 7.35. The average molecular weight is 274 g/mol. The Bertz CT molecular complexity index is 444. The van der Waals surface area contributed by atoms with Crippen LogP contribution in [-0.4, -0.2) is 19.2 Å². The van der Waals surface area contributed by atoms with Crippen LogP contribution >= 0.6 is 0 Å². The van der Waals surface area contributed by atoms with Crippen LogP contribution < -0.4 is 4.74 Å². The van der Waals surface area contributed by atoms with Crippen LogP contribution in [0.15, 0.2) is 30.3 Å². The molecule has 0 radical (unpaired) electrons. The van der Waals surface area contributed by atoms with Gasteiger partial charge in [-0.3, -0.25) is 0 Å². The molecule has 1 aromatic rings. The van der Waals surface area contributed by atoms with Gasteiger partial charge in [-0.05, 0) is 49.0 Å². The highest BCUT2D eigenvalue weighted by Gasteiger charge is 2.22. The fraction of sp³-hybridized carbons (Fsp3) is 0.471. The Morgan fingerprint density at radius 1 is 1.30 bits per heavy atom. The minimum atomic E-state index is -0.264. The summed E-state index contributed by atoms with van der Waals surface area (Å²) in [6.45, 7) is 3.45. The predicted octanol–water partition coefficient (Wildman–Crippen LogP) is 3.83. The molecule has 0 amide bonds. The first kappa shape index (κ1) is 14.6. The molecule has 0 heterocycles. The fourth-order valence-corrected chi connectivity index (χ4v) is 1.71. The zero-order valence-corrected chi connectivity index (χ0v) is 12.0. The van der Waals surface area contributed by atoms with Gasteiger partial charge >= 0.3 is 5.97 Å². The number of hydrogen-bond acceptors (Lipinski definition) is 3. The van der Waals surface area contributed by atoms with Gasteiger partial charge in [-0.25, -0.2) is 4.79 Å². The Hall–Kier alpha value is -1.77. The van der Waals surface area contributed by atoms with E-state index in [1.165, 1.54) is 18.9 Å². The van der Waals surface area contributed by atoms with Crippen LogP contribution in [-0.2, 0) is 9.53 Å². The maximum atomic E-state index is 11.5. The molecule has 20 heavy (non-hydrogen) atoms. The first-order valence-electron chi connectivity index (χ1n) is 7.35. The van der Waals surface area contributed by atoms with Gasteiger partial charge in [-0.2, -0.15) is 0 Å². The van der Waals surface area contributed by atoms with Gasteiger partial charge < -0.3 is 9.47 Å². The van der Waals surface area contributed by atoms with E-state index in [0.717, 1.165) is 30.8 Å². The maximum absolute atomic E-state index is 11.5. The minimum absolute atomic E-state index is 0.264. The van der Waals surface area contributed by atoms with Gasteiger partial charge in [0.15, 0.2) is 0 Å². The van der Waals surface area contributed by atoms with Crippen molar-refractivity contribution in [3.8, 4) is 5.75 Å². The summed E-state index contributed by atoms with van der Waals surface area (Å²) in [6, 6.07) is 7.72. The standard InChI is InChI=1S/C17H22O3/c1-2-3-12-19-16-9-6-14(7-10-16)8-11-17(18)20-13-15-4-5-15/h6-11,15H,2-5,12-13H2,1H3. The first-order chi connectivity index (χ1) is 9.78. The van der Waals surface area contributed by atoms with Crippen LogP contribution in [0.25, 0.3) is 6.08 Å². The van der Waals surface area contributed by atoms with Gasteiger partial charge in [0.25, 0.3) is 0 Å². The SMILES string of the molecule is CCCCOc1ccc(C=CC(=O)OCC2CC2)cc1. The lowest BCUT2D eigenvalue weighted by atomic mass is 10.2. The van der Waals surface area contributed by atoms with Crippen molar-refractivity contribution in [2.75, 3.05) is 13.2 Å². The molecule has 0 aliphatic heterocycles. The number of ether oxygens (including phenoxy) is 2. The van der Waals surface area contributed by atoms with E-state index in [2.05, 4.69) is 6.92 Å². The minimum Gasteiger partial charge on any atom is -0.494 e. The number of benzene rings is 1. The molecule has 0 bridgehead atoms. The Balaban J connectivity index is 1.75. The normalized spacial score (nSPS) is 14.4. The number of hydrogen-bond donors (Lipinski definition) is 0. The predicted molar refractivity (Wildman–Crippen MR) is 79.6 cm³/mol. The molecule has 3 nitrogen and oxygen atoms in total. The van der Waals surface area contributed by atoms with Crippen molar-refractivity contribution in [1.82, 2.24) is 0 Å². The molecule has 0 spiro atoms. The van der Waals surface area contributed by atoms with E-state index >= 15 is 0 Å². The molecule has 2 rings (SSSR count). The highest BCUT2D eigenvalue weighted by molar-refractivity contribution is 5.87. The van der Waals surface area contributed by atoms with Crippen molar-refractivity contribution in [2.45, 2.75) is 32.6 Å². The van der Waals surface area contributed by atoms with Crippen LogP contribution in [0.2, 0.25) is 0 Å². The Kier molecular flexibility index (Phi) is 5.66. The molecule has 3 heteroatoms. The summed E-state index contributed by atoms with van der Waals surface area (Å²) in [5.74, 6) is 1.21. The second-order valence-electron chi connectivity index (χ2n) is 5.18. The molecule has 108 valence electrons. The van der Waals surface area contributed by atoms with Crippen molar-refractivity contribution >= 4 is 12.0 Å². The summed E-state index contributed by atoms with van der Waals surface area (Å²) < 4.78 is 10.7. The number of esters is 1. The van der Waals surface area contributed by atoms with Crippen LogP contribution in [0.1, 0.15) is 38.2 Å². The molecule has 1 aromatic carbocycles. The molecule has 1 aliphatic rings. The molecule has 0 aromatic heterocycles. The van der Waals surface area contributed by atoms with Crippen LogP contribution in [0.5, 0.6) is 5.75 Å². The topological polar surface area (TPSA) is 35.5 Å². The average Bonchev–Trinajstić information content (AvgIpc) is 3.29. The summed E-state index contributed by atoms with van der Waals surface area (Å²) in [5.41, 5.74) is 0.969. The fourth-order valence-electron chi connectivity index (χ4n) is 1.71. The van der Waals surface area contributed by atoms with E-state index in [4.69, 9.17) is 9.47 Å². The zero-order chi connectivity index (χ0) is 14.2. The van der Waals surface area contributed by atoms with Crippen molar-refractivity contribution in [1.29, 1.82) is 0 Å². The second kappa shape index (κ2) is 7.73. The molecule has 0 unspecified atom stereocenters. The number of unbranched alkanes of at least 4 members (excludes halogenated alkanes) is 1. The van der Waals surface area contributed by atoms with Gasteiger partial charge in [0, 0.05) is 6.08 Å². The van der Waals surface area contributed by atoms with E-state index in [-0.39, 0.29) is 5.97 Å². The summed E-state index contributed by atoms with van der Waals surface area (Å²) in [4.78, 5) is 11.5. The van der Waals surface area contributed by atoms with E-state index in [1.807, 2.05) is 24.3 Å². The number of rotatable bonds is 8. The summed E-state index contributed by atoms with van der Waals surface area (Å²) in [7, 11) is 0. The van der Waals surface area contributed by atoms with E-state index < -0.39 is 0 Å². The lowest BCUT2D eigenvalue weighted by molar-refractivity contribution is -0.138. The number of carbonyl (C=O) groups excluding carboxylic acids is 1. The Labute approximate surface area is 120 Å². The third-order valence-electron chi connectivity index (χ3n) is 3.22. The third-order valence-corrected chi connectivity index (χ3v) is 3.22. The highest BCUT2D eigenvalue weighted by Crippen LogP contribution is 2.28. The Morgan fingerprint density at radius 2 is 2.05 bits per heavy atom. The van der Waals surface area contributed by atoms with Crippen LogP contribution in [0.4, 0.5) is 0 Å². The second-order valence-corrected chi connectivity index (χ2v) is 5.18. The van der Waals surface area contributed by atoms with Crippen molar-refractivity contribution in [2.24, 2.45) is 5.92 Å². The molecule has 1 fully saturated rings. The van der Waals surface area contributed by atoms with Crippen molar-refractivity contribution < 1.29 is 14.3 Å². The molecule has 1 saturated carbocycles. The van der Waals surface area contributed by atoms with Crippen molar-refractivity contribution in [3.63, 3.8) is 0 Å². The maximum Gasteiger partial charge on any atom is 0.330 e. The zero-order valence-electron chi connectivity index (χ0n) is 12.0. The van der Waals surface area contributed by atoms with Crippen LogP contribution in [0, 0.1) is 5.92 Å².